The Morgan fingerprint density at radius 1 is 1.18 bits per heavy atom. The summed E-state index contributed by atoms with van der Waals surface area (Å²) in [5, 5.41) is 0. The summed E-state index contributed by atoms with van der Waals surface area (Å²) in [6.07, 6.45) is 4.14. The first-order valence-corrected chi connectivity index (χ1v) is 7.14. The molecule has 0 saturated heterocycles. The highest BCUT2D eigenvalue weighted by atomic mass is 35.5. The molecule has 0 spiro atoms. The van der Waals surface area contributed by atoms with Crippen LogP contribution in [0, 0.1) is 12.7 Å². The Balaban J connectivity index is 0.00000176. The fraction of sp³-hybridized carbons (Fsp3) is 0.222. The van der Waals surface area contributed by atoms with E-state index in [0.717, 1.165) is 18.4 Å². The summed E-state index contributed by atoms with van der Waals surface area (Å²) in [6.45, 7) is 2.40. The Morgan fingerprint density at radius 3 is 2.73 bits per heavy atom. The molecule has 4 heteroatoms. The van der Waals surface area contributed by atoms with Gasteiger partial charge in [-0.05, 0) is 66.3 Å². The minimum Gasteiger partial charge on any atom is -0.454 e. The minimum absolute atomic E-state index is 0. The molecule has 2 N–H and O–H groups in total. The Hall–Kier alpha value is -1.84. The van der Waals surface area contributed by atoms with E-state index in [4.69, 9.17) is 10.5 Å². The molecule has 3 rings (SSSR count). The molecule has 0 fully saturated rings. The van der Waals surface area contributed by atoms with Gasteiger partial charge in [-0.2, -0.15) is 0 Å². The van der Waals surface area contributed by atoms with Crippen LogP contribution in [0.4, 0.5) is 4.39 Å². The molecule has 0 atom stereocenters. The van der Waals surface area contributed by atoms with Crippen molar-refractivity contribution >= 4 is 18.0 Å². The zero-order chi connectivity index (χ0) is 14.8. The molecule has 0 aliphatic heterocycles. The van der Waals surface area contributed by atoms with Gasteiger partial charge >= 0.3 is 0 Å². The molecule has 0 bridgehead atoms. The lowest BCUT2D eigenvalue weighted by Crippen LogP contribution is -2.08. The summed E-state index contributed by atoms with van der Waals surface area (Å²) in [4.78, 5) is 0. The van der Waals surface area contributed by atoms with Crippen molar-refractivity contribution in [2.24, 2.45) is 5.73 Å². The summed E-state index contributed by atoms with van der Waals surface area (Å²) in [6, 6.07) is 10.8. The highest BCUT2D eigenvalue weighted by molar-refractivity contribution is 5.85. The van der Waals surface area contributed by atoms with Gasteiger partial charge in [-0.15, -0.1) is 12.4 Å². The van der Waals surface area contributed by atoms with E-state index in [1.807, 2.05) is 31.2 Å². The van der Waals surface area contributed by atoms with E-state index in [0.29, 0.717) is 12.3 Å². The quantitative estimate of drug-likeness (QED) is 0.894. The van der Waals surface area contributed by atoms with Crippen LogP contribution < -0.4 is 10.5 Å². The van der Waals surface area contributed by atoms with Gasteiger partial charge in [0.2, 0.25) is 0 Å². The van der Waals surface area contributed by atoms with E-state index in [2.05, 4.69) is 6.08 Å². The largest absolute Gasteiger partial charge is 0.454 e. The molecule has 0 aromatic heterocycles. The topological polar surface area (TPSA) is 35.2 Å². The Labute approximate surface area is 136 Å². The average molecular weight is 320 g/mol. The molecular weight excluding hydrogens is 301 g/mol. The number of fused-ring (bicyclic) bond motifs is 1. The van der Waals surface area contributed by atoms with E-state index in [9.17, 15) is 4.39 Å². The zero-order valence-corrected chi connectivity index (χ0v) is 13.3. The highest BCUT2D eigenvalue weighted by Crippen LogP contribution is 2.31. The van der Waals surface area contributed by atoms with Crippen LogP contribution in [0.25, 0.3) is 5.57 Å². The van der Waals surface area contributed by atoms with Gasteiger partial charge in [0.15, 0.2) is 11.6 Å². The molecule has 0 unspecified atom stereocenters. The number of aryl methyl sites for hydroxylation is 2. The standard InChI is InChI=1S/C18H18FNO.ClH/c1-12-5-8-18(17(19)9-12)21-15-6-7-16-13(10-15)3-2-4-14(16)11-20;/h4-10H,2-3,11,20H2,1H3;1H. The number of ether oxygens (including phenoxy) is 1. The summed E-state index contributed by atoms with van der Waals surface area (Å²) in [7, 11) is 0. The number of rotatable bonds is 3. The van der Waals surface area contributed by atoms with Crippen LogP contribution in [0.2, 0.25) is 0 Å². The number of hydrogen-bond acceptors (Lipinski definition) is 2. The van der Waals surface area contributed by atoms with Crippen molar-refractivity contribution in [2.75, 3.05) is 6.54 Å². The second kappa shape index (κ2) is 6.95. The molecule has 22 heavy (non-hydrogen) atoms. The van der Waals surface area contributed by atoms with Crippen molar-refractivity contribution in [1.29, 1.82) is 0 Å². The van der Waals surface area contributed by atoms with Crippen LogP contribution in [0.1, 0.15) is 23.1 Å². The molecule has 1 aliphatic rings. The van der Waals surface area contributed by atoms with Gasteiger partial charge in [0, 0.05) is 6.54 Å². The van der Waals surface area contributed by atoms with Gasteiger partial charge < -0.3 is 10.5 Å². The number of halogens is 2. The first-order valence-electron chi connectivity index (χ1n) is 7.14. The SMILES string of the molecule is Cc1ccc(Oc2ccc3c(c2)CCC=C3CN)c(F)c1.Cl. The smallest absolute Gasteiger partial charge is 0.165 e. The number of nitrogens with two attached hydrogens (primary N) is 1. The third-order valence-corrected chi connectivity index (χ3v) is 3.76. The average Bonchev–Trinajstić information content (AvgIpc) is 2.49. The maximum absolute atomic E-state index is 13.8. The maximum atomic E-state index is 13.8. The molecule has 2 aromatic rings. The second-order valence-corrected chi connectivity index (χ2v) is 5.33. The summed E-state index contributed by atoms with van der Waals surface area (Å²) in [5.41, 5.74) is 10.2. The lowest BCUT2D eigenvalue weighted by Gasteiger charge is -2.18. The third kappa shape index (κ3) is 3.32. The van der Waals surface area contributed by atoms with Gasteiger partial charge in [-0.1, -0.05) is 18.2 Å². The number of hydrogen-bond donors (Lipinski definition) is 1. The summed E-state index contributed by atoms with van der Waals surface area (Å²) < 4.78 is 19.5. The van der Waals surface area contributed by atoms with E-state index < -0.39 is 0 Å². The predicted octanol–water partition coefficient (Wildman–Crippen LogP) is 4.64. The fourth-order valence-electron chi connectivity index (χ4n) is 2.67. The summed E-state index contributed by atoms with van der Waals surface area (Å²) >= 11 is 0. The number of allylic oxidation sites excluding steroid dienone is 1. The first kappa shape index (κ1) is 16.5. The van der Waals surface area contributed by atoms with Gasteiger partial charge in [0.25, 0.3) is 0 Å². The number of benzene rings is 2. The van der Waals surface area contributed by atoms with Crippen molar-refractivity contribution in [2.45, 2.75) is 19.8 Å². The molecule has 2 aromatic carbocycles. The Bertz CT molecular complexity index is 712. The molecule has 0 saturated carbocycles. The molecular formula is C18H19ClFNO. The van der Waals surface area contributed by atoms with E-state index in [1.165, 1.54) is 22.8 Å². The lowest BCUT2D eigenvalue weighted by atomic mass is 9.91. The molecule has 0 heterocycles. The molecule has 0 radical (unpaired) electrons. The summed E-state index contributed by atoms with van der Waals surface area (Å²) in [5.74, 6) is 0.580. The van der Waals surface area contributed by atoms with E-state index in [1.54, 1.807) is 6.07 Å². The van der Waals surface area contributed by atoms with Crippen LogP contribution >= 0.6 is 12.4 Å². The van der Waals surface area contributed by atoms with Crippen LogP contribution in [0.15, 0.2) is 42.5 Å². The first-order chi connectivity index (χ1) is 10.2. The van der Waals surface area contributed by atoms with Crippen LogP contribution in [0.5, 0.6) is 11.5 Å². The zero-order valence-electron chi connectivity index (χ0n) is 12.4. The van der Waals surface area contributed by atoms with Crippen molar-refractivity contribution in [3.63, 3.8) is 0 Å². The Kier molecular flexibility index (Phi) is 5.22. The maximum Gasteiger partial charge on any atom is 0.165 e. The second-order valence-electron chi connectivity index (χ2n) is 5.33. The van der Waals surface area contributed by atoms with Crippen molar-refractivity contribution in [1.82, 2.24) is 0 Å². The van der Waals surface area contributed by atoms with Gasteiger partial charge in [-0.3, -0.25) is 0 Å². The van der Waals surface area contributed by atoms with Crippen molar-refractivity contribution in [3.05, 3.63) is 65.0 Å². The van der Waals surface area contributed by atoms with Crippen molar-refractivity contribution < 1.29 is 9.13 Å². The third-order valence-electron chi connectivity index (χ3n) is 3.76. The van der Waals surface area contributed by atoms with Crippen molar-refractivity contribution in [3.8, 4) is 11.5 Å². The molecule has 0 amide bonds. The van der Waals surface area contributed by atoms with Gasteiger partial charge in [-0.25, -0.2) is 4.39 Å². The predicted molar refractivity (Wildman–Crippen MR) is 90.3 cm³/mol. The van der Waals surface area contributed by atoms with E-state index in [-0.39, 0.29) is 24.0 Å². The van der Waals surface area contributed by atoms with Crippen LogP contribution in [-0.2, 0) is 6.42 Å². The monoisotopic (exact) mass is 319 g/mol. The van der Waals surface area contributed by atoms with E-state index >= 15 is 0 Å². The molecule has 1 aliphatic carbocycles. The van der Waals surface area contributed by atoms with Gasteiger partial charge in [0.05, 0.1) is 0 Å². The normalized spacial score (nSPS) is 13.0. The van der Waals surface area contributed by atoms with Crippen LogP contribution in [-0.4, -0.2) is 6.54 Å². The minimum atomic E-state index is -0.338. The lowest BCUT2D eigenvalue weighted by molar-refractivity contribution is 0.441. The highest BCUT2D eigenvalue weighted by Gasteiger charge is 2.13. The fourth-order valence-corrected chi connectivity index (χ4v) is 2.67. The Morgan fingerprint density at radius 2 is 2.00 bits per heavy atom. The molecule has 116 valence electrons. The molecule has 2 nitrogen and oxygen atoms in total. The van der Waals surface area contributed by atoms with Gasteiger partial charge in [0.1, 0.15) is 5.75 Å². The van der Waals surface area contributed by atoms with Crippen LogP contribution in [0.3, 0.4) is 0 Å².